The maximum absolute atomic E-state index is 11.6. The summed E-state index contributed by atoms with van der Waals surface area (Å²) in [6, 6.07) is 5.49. The number of aliphatic imine (C=N–C) groups is 1. The van der Waals surface area contributed by atoms with Crippen molar-refractivity contribution in [1.82, 2.24) is 10.6 Å². The van der Waals surface area contributed by atoms with Gasteiger partial charge in [-0.1, -0.05) is 17.8 Å². The van der Waals surface area contributed by atoms with Crippen molar-refractivity contribution in [2.75, 3.05) is 18.2 Å². The molecule has 6 nitrogen and oxygen atoms in total. The average Bonchev–Trinajstić information content (AvgIpc) is 2.43. The standard InChI is InChI=1S/C12H13N5OS/c1-17-10-5-9(16-11(19-2)15-7-13)4-3-8(10)6-14-12(17)18/h3-5H,6H2,1-2H3,(H,14,18)(H,15,16). The van der Waals surface area contributed by atoms with Gasteiger partial charge in [-0.05, 0) is 24.0 Å². The summed E-state index contributed by atoms with van der Waals surface area (Å²) in [5, 5.41) is 14.4. The Morgan fingerprint density at radius 3 is 3.11 bits per heavy atom. The maximum atomic E-state index is 11.6. The van der Waals surface area contributed by atoms with Crippen LogP contribution in [0, 0.1) is 11.5 Å². The highest BCUT2D eigenvalue weighted by atomic mass is 32.2. The van der Waals surface area contributed by atoms with Crippen molar-refractivity contribution in [2.24, 2.45) is 4.99 Å². The van der Waals surface area contributed by atoms with E-state index in [0.717, 1.165) is 11.3 Å². The minimum absolute atomic E-state index is 0.131. The fraction of sp³-hybridized carbons (Fsp3) is 0.250. The Hall–Kier alpha value is -2.20. The van der Waals surface area contributed by atoms with Gasteiger partial charge in [0.1, 0.15) is 0 Å². The first-order chi connectivity index (χ1) is 9.15. The number of nitrogens with one attached hydrogen (secondary N) is 2. The van der Waals surface area contributed by atoms with Gasteiger partial charge in [-0.3, -0.25) is 10.2 Å². The Labute approximate surface area is 115 Å². The molecule has 1 heterocycles. The number of thioether (sulfide) groups is 1. The highest BCUT2D eigenvalue weighted by Crippen LogP contribution is 2.28. The zero-order valence-corrected chi connectivity index (χ0v) is 11.4. The van der Waals surface area contributed by atoms with Crippen molar-refractivity contribution in [1.29, 1.82) is 5.26 Å². The number of nitrogens with zero attached hydrogens (tertiary/aromatic N) is 3. The van der Waals surface area contributed by atoms with Crippen LogP contribution >= 0.6 is 11.8 Å². The third-order valence-electron chi connectivity index (χ3n) is 2.75. The lowest BCUT2D eigenvalue weighted by atomic mass is 10.1. The minimum Gasteiger partial charge on any atom is -0.334 e. The van der Waals surface area contributed by atoms with Gasteiger partial charge in [-0.2, -0.15) is 5.26 Å². The fourth-order valence-electron chi connectivity index (χ4n) is 1.77. The van der Waals surface area contributed by atoms with Crippen molar-refractivity contribution < 1.29 is 4.79 Å². The monoisotopic (exact) mass is 275 g/mol. The van der Waals surface area contributed by atoms with Gasteiger partial charge < -0.3 is 5.32 Å². The van der Waals surface area contributed by atoms with E-state index in [1.807, 2.05) is 30.6 Å². The van der Waals surface area contributed by atoms with Gasteiger partial charge in [-0.15, -0.1) is 0 Å². The lowest BCUT2D eigenvalue weighted by Crippen LogP contribution is -2.41. The summed E-state index contributed by atoms with van der Waals surface area (Å²) >= 11 is 1.35. The number of fused-ring (bicyclic) bond motifs is 1. The van der Waals surface area contributed by atoms with Crippen LogP contribution in [0.4, 0.5) is 16.2 Å². The lowest BCUT2D eigenvalue weighted by molar-refractivity contribution is 0.246. The fourth-order valence-corrected chi connectivity index (χ4v) is 2.12. The predicted octanol–water partition coefficient (Wildman–Crippen LogP) is 1.77. The molecule has 0 saturated carbocycles. The molecule has 19 heavy (non-hydrogen) atoms. The molecular weight excluding hydrogens is 262 g/mol. The maximum Gasteiger partial charge on any atom is 0.321 e. The zero-order valence-electron chi connectivity index (χ0n) is 10.6. The summed E-state index contributed by atoms with van der Waals surface area (Å²) in [7, 11) is 1.71. The van der Waals surface area contributed by atoms with Crippen molar-refractivity contribution in [3.05, 3.63) is 23.8 Å². The molecule has 0 radical (unpaired) electrons. The van der Waals surface area contributed by atoms with Crippen molar-refractivity contribution in [2.45, 2.75) is 6.54 Å². The Morgan fingerprint density at radius 1 is 1.63 bits per heavy atom. The van der Waals surface area contributed by atoms with Gasteiger partial charge in [-0.25, -0.2) is 9.79 Å². The topological polar surface area (TPSA) is 80.5 Å². The summed E-state index contributed by atoms with van der Waals surface area (Å²) < 4.78 is 0. The SMILES string of the molecule is CSC(=Nc1ccc2c(c1)N(C)C(=O)NC2)NC#N. The summed E-state index contributed by atoms with van der Waals surface area (Å²) in [4.78, 5) is 17.4. The van der Waals surface area contributed by atoms with Gasteiger partial charge in [0.25, 0.3) is 0 Å². The molecule has 0 atom stereocenters. The number of urea groups is 1. The summed E-state index contributed by atoms with van der Waals surface area (Å²) in [6.45, 7) is 0.522. The lowest BCUT2D eigenvalue weighted by Gasteiger charge is -2.26. The second-order valence-electron chi connectivity index (χ2n) is 3.89. The molecule has 0 unspecified atom stereocenters. The van der Waals surface area contributed by atoms with Crippen LogP contribution in [0.5, 0.6) is 0 Å². The molecule has 0 aromatic heterocycles. The molecule has 0 aliphatic carbocycles. The minimum atomic E-state index is -0.131. The van der Waals surface area contributed by atoms with Crippen LogP contribution in [0.25, 0.3) is 0 Å². The van der Waals surface area contributed by atoms with E-state index in [4.69, 9.17) is 5.26 Å². The molecule has 2 rings (SSSR count). The Balaban J connectivity index is 2.35. The number of carbonyl (C=O) groups excluding carboxylic acids is 1. The molecular formula is C12H13N5OS. The number of rotatable bonds is 1. The molecule has 1 aliphatic rings. The van der Waals surface area contributed by atoms with Gasteiger partial charge in [0.2, 0.25) is 0 Å². The number of anilines is 1. The molecule has 98 valence electrons. The molecule has 1 aromatic rings. The highest BCUT2D eigenvalue weighted by Gasteiger charge is 2.20. The third kappa shape index (κ3) is 2.80. The first-order valence-electron chi connectivity index (χ1n) is 5.58. The Kier molecular flexibility index (Phi) is 3.92. The number of benzene rings is 1. The molecule has 0 spiro atoms. The van der Waals surface area contributed by atoms with E-state index in [-0.39, 0.29) is 6.03 Å². The van der Waals surface area contributed by atoms with Crippen LogP contribution in [-0.2, 0) is 6.54 Å². The van der Waals surface area contributed by atoms with E-state index in [2.05, 4.69) is 15.6 Å². The van der Waals surface area contributed by atoms with E-state index in [9.17, 15) is 4.79 Å². The molecule has 0 fully saturated rings. The molecule has 0 bridgehead atoms. The predicted molar refractivity (Wildman–Crippen MR) is 76.4 cm³/mol. The van der Waals surface area contributed by atoms with Gasteiger partial charge in [0.15, 0.2) is 11.4 Å². The van der Waals surface area contributed by atoms with Crippen LogP contribution in [0.2, 0.25) is 0 Å². The average molecular weight is 275 g/mol. The highest BCUT2D eigenvalue weighted by molar-refractivity contribution is 8.13. The normalized spacial score (nSPS) is 14.5. The second-order valence-corrected chi connectivity index (χ2v) is 4.68. The van der Waals surface area contributed by atoms with Crippen LogP contribution in [0.3, 0.4) is 0 Å². The smallest absolute Gasteiger partial charge is 0.321 e. The molecule has 2 amide bonds. The van der Waals surface area contributed by atoms with E-state index >= 15 is 0 Å². The van der Waals surface area contributed by atoms with Gasteiger partial charge in [0.05, 0.1) is 11.4 Å². The van der Waals surface area contributed by atoms with Crippen molar-refractivity contribution in [3.8, 4) is 6.19 Å². The zero-order chi connectivity index (χ0) is 13.8. The van der Waals surface area contributed by atoms with Crippen LogP contribution in [0.15, 0.2) is 23.2 Å². The summed E-state index contributed by atoms with van der Waals surface area (Å²) in [6.07, 6.45) is 3.68. The number of hydrogen-bond acceptors (Lipinski definition) is 4. The first kappa shape index (κ1) is 13.2. The van der Waals surface area contributed by atoms with Crippen molar-refractivity contribution >= 4 is 34.3 Å². The van der Waals surface area contributed by atoms with E-state index in [1.54, 1.807) is 11.9 Å². The quantitative estimate of drug-likeness (QED) is 0.354. The van der Waals surface area contributed by atoms with Crippen LogP contribution < -0.4 is 15.5 Å². The van der Waals surface area contributed by atoms with E-state index < -0.39 is 0 Å². The Bertz CT molecular complexity index is 578. The molecule has 1 aliphatic heterocycles. The number of hydrogen-bond donors (Lipinski definition) is 2. The number of nitriles is 1. The number of amides is 2. The number of amidine groups is 1. The summed E-state index contributed by atoms with van der Waals surface area (Å²) in [5.74, 6) is 0. The number of carbonyl (C=O) groups is 1. The van der Waals surface area contributed by atoms with Crippen LogP contribution in [0.1, 0.15) is 5.56 Å². The van der Waals surface area contributed by atoms with Gasteiger partial charge >= 0.3 is 6.03 Å². The molecule has 7 heteroatoms. The first-order valence-corrected chi connectivity index (χ1v) is 6.80. The van der Waals surface area contributed by atoms with E-state index in [0.29, 0.717) is 17.4 Å². The van der Waals surface area contributed by atoms with Crippen LogP contribution in [-0.4, -0.2) is 24.5 Å². The Morgan fingerprint density at radius 2 is 2.42 bits per heavy atom. The molecule has 1 aromatic carbocycles. The van der Waals surface area contributed by atoms with E-state index in [1.165, 1.54) is 11.8 Å². The van der Waals surface area contributed by atoms with Gasteiger partial charge in [0, 0.05) is 13.6 Å². The third-order valence-corrected chi connectivity index (χ3v) is 3.33. The summed E-state index contributed by atoms with van der Waals surface area (Å²) in [5.41, 5.74) is 2.58. The molecule has 0 saturated heterocycles. The molecule has 2 N–H and O–H groups in total. The second kappa shape index (κ2) is 5.63. The van der Waals surface area contributed by atoms with Crippen molar-refractivity contribution in [3.63, 3.8) is 0 Å². The largest absolute Gasteiger partial charge is 0.334 e.